The van der Waals surface area contributed by atoms with Crippen molar-refractivity contribution in [2.45, 2.75) is 24.6 Å². The zero-order chi connectivity index (χ0) is 15.9. The molecule has 0 saturated heterocycles. The number of rotatable bonds is 6. The summed E-state index contributed by atoms with van der Waals surface area (Å²) in [6, 6.07) is 7.46. The fourth-order valence-corrected chi connectivity index (χ4v) is 2.32. The molecule has 0 aliphatic carbocycles. The molecule has 0 aliphatic rings. The smallest absolute Gasteiger partial charge is 0.315 e. The van der Waals surface area contributed by atoms with Gasteiger partial charge in [0.2, 0.25) is 0 Å². The molecule has 2 amide bonds. The van der Waals surface area contributed by atoms with E-state index >= 15 is 0 Å². The van der Waals surface area contributed by atoms with Crippen molar-refractivity contribution < 1.29 is 4.79 Å². The number of urea groups is 1. The molecule has 7 heteroatoms. The minimum absolute atomic E-state index is 0.372. The average molecular weight is 334 g/mol. The van der Waals surface area contributed by atoms with Crippen LogP contribution in [-0.4, -0.2) is 20.9 Å². The van der Waals surface area contributed by atoms with Gasteiger partial charge in [-0.05, 0) is 11.1 Å². The third kappa shape index (κ3) is 4.64. The van der Waals surface area contributed by atoms with Gasteiger partial charge in [0.05, 0.1) is 12.3 Å². The Morgan fingerprint density at radius 1 is 0.955 bits per heavy atom. The molecule has 2 aromatic rings. The minimum atomic E-state index is -0.475. The van der Waals surface area contributed by atoms with Gasteiger partial charge in [-0.25, -0.2) is 14.8 Å². The Labute approximate surface area is 140 Å². The summed E-state index contributed by atoms with van der Waals surface area (Å²) < 4.78 is 0. The predicted octanol–water partition coefficient (Wildman–Crippen LogP) is 2.42. The third-order valence-corrected chi connectivity index (χ3v) is 3.81. The van der Waals surface area contributed by atoms with E-state index in [4.69, 9.17) is 5.73 Å². The van der Waals surface area contributed by atoms with Crippen molar-refractivity contribution in [3.8, 4) is 0 Å². The number of hydrogen-bond acceptors (Lipinski definition) is 5. The van der Waals surface area contributed by atoms with Crippen molar-refractivity contribution in [1.82, 2.24) is 14.9 Å². The minimum Gasteiger partial charge on any atom is -0.351 e. The lowest BCUT2D eigenvalue weighted by Crippen LogP contribution is -2.34. The molecule has 2 rings (SSSR count). The summed E-state index contributed by atoms with van der Waals surface area (Å²) >= 11 is 8.34. The normalized spacial score (nSPS) is 10.5. The lowest BCUT2D eigenvalue weighted by molar-refractivity contribution is 0.202. The maximum Gasteiger partial charge on any atom is 0.315 e. The van der Waals surface area contributed by atoms with Gasteiger partial charge >= 0.3 is 6.03 Å². The maximum atomic E-state index is 11.6. The van der Waals surface area contributed by atoms with E-state index in [2.05, 4.69) is 35.2 Å². The molecule has 0 bridgehead atoms. The van der Waals surface area contributed by atoms with Crippen LogP contribution in [0.1, 0.15) is 22.5 Å². The molecule has 22 heavy (non-hydrogen) atoms. The van der Waals surface area contributed by atoms with Crippen LogP contribution in [0.3, 0.4) is 0 Å². The van der Waals surface area contributed by atoms with Crippen molar-refractivity contribution in [1.29, 1.82) is 0 Å². The number of amides is 2. The van der Waals surface area contributed by atoms with Crippen LogP contribution < -0.4 is 5.73 Å². The highest BCUT2D eigenvalue weighted by Gasteiger charge is 2.12. The van der Waals surface area contributed by atoms with Crippen LogP contribution in [0.4, 0.5) is 4.79 Å². The van der Waals surface area contributed by atoms with E-state index in [9.17, 15) is 4.79 Å². The van der Waals surface area contributed by atoms with E-state index in [1.807, 2.05) is 24.3 Å². The number of benzene rings is 1. The van der Waals surface area contributed by atoms with E-state index < -0.39 is 6.03 Å². The topological polar surface area (TPSA) is 72.1 Å². The summed E-state index contributed by atoms with van der Waals surface area (Å²) in [5, 5.41) is 0. The van der Waals surface area contributed by atoms with Crippen LogP contribution >= 0.6 is 25.3 Å². The van der Waals surface area contributed by atoms with Gasteiger partial charge in [0.25, 0.3) is 0 Å². The summed E-state index contributed by atoms with van der Waals surface area (Å²) in [6.45, 7) is 0.813. The van der Waals surface area contributed by atoms with Crippen molar-refractivity contribution >= 4 is 31.3 Å². The first-order valence-corrected chi connectivity index (χ1v) is 8.02. The molecule has 0 aliphatic heterocycles. The highest BCUT2D eigenvalue weighted by atomic mass is 32.1. The van der Waals surface area contributed by atoms with E-state index in [1.54, 1.807) is 17.3 Å². The van der Waals surface area contributed by atoms with Crippen LogP contribution in [0, 0.1) is 0 Å². The molecule has 0 fully saturated rings. The average Bonchev–Trinajstić information content (AvgIpc) is 2.55. The molecule has 1 aromatic carbocycles. The summed E-state index contributed by atoms with van der Waals surface area (Å²) in [4.78, 5) is 21.5. The number of carbonyl (C=O) groups is 1. The van der Waals surface area contributed by atoms with E-state index in [1.165, 1.54) is 0 Å². The summed E-state index contributed by atoms with van der Waals surface area (Å²) in [6.07, 6.45) is 3.39. The predicted molar refractivity (Wildman–Crippen MR) is 92.7 cm³/mol. The number of nitrogens with two attached hydrogens (primary N) is 1. The van der Waals surface area contributed by atoms with Gasteiger partial charge in [-0.2, -0.15) is 25.3 Å². The van der Waals surface area contributed by atoms with Gasteiger partial charge in [-0.1, -0.05) is 24.3 Å². The fourth-order valence-electron chi connectivity index (χ4n) is 1.95. The van der Waals surface area contributed by atoms with Gasteiger partial charge in [-0.3, -0.25) is 0 Å². The van der Waals surface area contributed by atoms with Gasteiger partial charge in [0.1, 0.15) is 5.82 Å². The molecule has 5 nitrogen and oxygen atoms in total. The van der Waals surface area contributed by atoms with E-state index in [0.717, 1.165) is 16.7 Å². The van der Waals surface area contributed by atoms with Gasteiger partial charge in [0.15, 0.2) is 0 Å². The quantitative estimate of drug-likeness (QED) is 0.711. The third-order valence-electron chi connectivity index (χ3n) is 3.16. The SMILES string of the molecule is NC(=O)N(Cc1ccc(CS)cc1)Cc1cnc(CS)nc1. The van der Waals surface area contributed by atoms with Gasteiger partial charge < -0.3 is 10.6 Å². The number of primary amides is 1. The van der Waals surface area contributed by atoms with Crippen LogP contribution in [0.15, 0.2) is 36.7 Å². The largest absolute Gasteiger partial charge is 0.351 e. The highest BCUT2D eigenvalue weighted by molar-refractivity contribution is 7.79. The molecule has 2 N–H and O–H groups in total. The van der Waals surface area contributed by atoms with Gasteiger partial charge in [0, 0.05) is 30.3 Å². The second-order valence-corrected chi connectivity index (χ2v) is 5.47. The first-order chi connectivity index (χ1) is 10.6. The zero-order valence-corrected chi connectivity index (χ0v) is 13.8. The molecule has 1 heterocycles. The number of carbonyl (C=O) groups excluding carboxylic acids is 1. The first kappa shape index (κ1) is 16.6. The molecule has 0 saturated carbocycles. The zero-order valence-electron chi connectivity index (χ0n) is 12.0. The molecular formula is C15H18N4OS2. The van der Waals surface area contributed by atoms with Crippen molar-refractivity contribution in [2.75, 3.05) is 0 Å². The Bertz CT molecular complexity index is 567. The second kappa shape index (κ2) is 8.05. The summed E-state index contributed by atoms with van der Waals surface area (Å²) in [7, 11) is 0. The van der Waals surface area contributed by atoms with Crippen LogP contribution in [0.25, 0.3) is 0 Å². The second-order valence-electron chi connectivity index (χ2n) is 4.83. The lowest BCUT2D eigenvalue weighted by atomic mass is 10.1. The standard InChI is InChI=1S/C15H18N4OS2/c16-15(20)19(7-11-1-3-12(9-21)4-2-11)8-13-5-17-14(10-22)18-6-13/h1-6,21-22H,7-10H2,(H2,16,20). The number of nitrogens with zero attached hydrogens (tertiary/aromatic N) is 3. The first-order valence-electron chi connectivity index (χ1n) is 6.76. The lowest BCUT2D eigenvalue weighted by Gasteiger charge is -2.20. The Morgan fingerprint density at radius 2 is 1.50 bits per heavy atom. The maximum absolute atomic E-state index is 11.6. The van der Waals surface area contributed by atoms with Gasteiger partial charge in [-0.15, -0.1) is 0 Å². The van der Waals surface area contributed by atoms with Crippen molar-refractivity contribution in [2.24, 2.45) is 5.73 Å². The summed E-state index contributed by atoms with van der Waals surface area (Å²) in [5.74, 6) is 1.83. The van der Waals surface area contributed by atoms with Crippen LogP contribution in [0.5, 0.6) is 0 Å². The Balaban J connectivity index is 2.06. The molecular weight excluding hydrogens is 316 g/mol. The molecule has 0 atom stereocenters. The molecule has 0 radical (unpaired) electrons. The Morgan fingerprint density at radius 3 is 2.00 bits per heavy atom. The molecule has 116 valence electrons. The number of aromatic nitrogens is 2. The van der Waals surface area contributed by atoms with E-state index in [0.29, 0.717) is 30.4 Å². The molecule has 0 unspecified atom stereocenters. The Hall–Kier alpha value is -1.73. The number of thiol groups is 2. The van der Waals surface area contributed by atoms with Crippen molar-refractivity contribution in [3.63, 3.8) is 0 Å². The van der Waals surface area contributed by atoms with Crippen LogP contribution in [-0.2, 0) is 24.6 Å². The highest BCUT2D eigenvalue weighted by Crippen LogP contribution is 2.12. The molecule has 1 aromatic heterocycles. The molecule has 0 spiro atoms. The van der Waals surface area contributed by atoms with E-state index in [-0.39, 0.29) is 0 Å². The van der Waals surface area contributed by atoms with Crippen molar-refractivity contribution in [3.05, 3.63) is 59.2 Å². The fraction of sp³-hybridized carbons (Fsp3) is 0.267. The van der Waals surface area contributed by atoms with Crippen LogP contribution in [0.2, 0.25) is 0 Å². The summed E-state index contributed by atoms with van der Waals surface area (Å²) in [5.41, 5.74) is 8.44. The Kier molecular flexibility index (Phi) is 6.09. The number of hydrogen-bond donors (Lipinski definition) is 3. The monoisotopic (exact) mass is 334 g/mol.